The molecule has 2 heterocycles. The van der Waals surface area contributed by atoms with Crippen molar-refractivity contribution in [1.82, 2.24) is 9.88 Å². The maximum absolute atomic E-state index is 11.8. The molecule has 0 aromatic carbocycles. The standard InChI is InChI=1S/C11H14N2O2S/c14-10(8-2-1-3-8)13-6-9(7-13)15-11-12-4-5-16-11/h4-5,8-9H,1-3,6-7H2. The van der Waals surface area contributed by atoms with Crippen LogP contribution in [0.15, 0.2) is 11.6 Å². The Morgan fingerprint density at radius 1 is 1.50 bits per heavy atom. The summed E-state index contributed by atoms with van der Waals surface area (Å²) >= 11 is 1.50. The van der Waals surface area contributed by atoms with Crippen LogP contribution in [0.1, 0.15) is 19.3 Å². The minimum atomic E-state index is 0.148. The van der Waals surface area contributed by atoms with E-state index in [1.54, 1.807) is 6.20 Å². The van der Waals surface area contributed by atoms with Crippen molar-refractivity contribution < 1.29 is 9.53 Å². The summed E-state index contributed by atoms with van der Waals surface area (Å²) in [5.74, 6) is 0.631. The third-order valence-corrected chi connectivity index (χ3v) is 3.95. The zero-order valence-corrected chi connectivity index (χ0v) is 9.78. The van der Waals surface area contributed by atoms with Crippen LogP contribution in [0.3, 0.4) is 0 Å². The molecule has 0 atom stereocenters. The SMILES string of the molecule is O=C(C1CCC1)N1CC(Oc2nccs2)C1. The second-order valence-electron chi connectivity index (χ2n) is 4.41. The monoisotopic (exact) mass is 238 g/mol. The van der Waals surface area contributed by atoms with Crippen LogP contribution in [-0.4, -0.2) is 35.0 Å². The van der Waals surface area contributed by atoms with E-state index in [0.29, 0.717) is 17.0 Å². The van der Waals surface area contributed by atoms with Gasteiger partial charge in [-0.3, -0.25) is 4.79 Å². The lowest BCUT2D eigenvalue weighted by Crippen LogP contribution is -2.58. The zero-order chi connectivity index (χ0) is 11.0. The van der Waals surface area contributed by atoms with Crippen LogP contribution in [0.25, 0.3) is 0 Å². The Balaban J connectivity index is 1.45. The van der Waals surface area contributed by atoms with Crippen molar-refractivity contribution in [3.05, 3.63) is 11.6 Å². The number of thiazole rings is 1. The van der Waals surface area contributed by atoms with E-state index in [4.69, 9.17) is 4.74 Å². The summed E-state index contributed by atoms with van der Waals surface area (Å²) in [6.45, 7) is 1.46. The first-order valence-electron chi connectivity index (χ1n) is 5.68. The molecule has 1 saturated heterocycles. The number of carbonyl (C=O) groups is 1. The first-order chi connectivity index (χ1) is 7.83. The maximum Gasteiger partial charge on any atom is 0.273 e. The lowest BCUT2D eigenvalue weighted by Gasteiger charge is -2.41. The molecule has 2 fully saturated rings. The lowest BCUT2D eigenvalue weighted by molar-refractivity contribution is -0.147. The van der Waals surface area contributed by atoms with Gasteiger partial charge in [0.05, 0.1) is 13.1 Å². The highest BCUT2D eigenvalue weighted by molar-refractivity contribution is 7.11. The number of carbonyl (C=O) groups excluding carboxylic acids is 1. The normalized spacial score (nSPS) is 21.4. The fraction of sp³-hybridized carbons (Fsp3) is 0.636. The zero-order valence-electron chi connectivity index (χ0n) is 8.96. The highest BCUT2D eigenvalue weighted by Gasteiger charge is 2.37. The van der Waals surface area contributed by atoms with E-state index in [9.17, 15) is 4.79 Å². The van der Waals surface area contributed by atoms with E-state index in [1.807, 2.05) is 10.3 Å². The number of hydrogen-bond donors (Lipinski definition) is 0. The van der Waals surface area contributed by atoms with Gasteiger partial charge in [-0.1, -0.05) is 17.8 Å². The first-order valence-corrected chi connectivity index (χ1v) is 6.56. The van der Waals surface area contributed by atoms with Gasteiger partial charge in [0.1, 0.15) is 6.10 Å². The van der Waals surface area contributed by atoms with Gasteiger partial charge in [0, 0.05) is 17.5 Å². The predicted molar refractivity (Wildman–Crippen MR) is 60.5 cm³/mol. The number of hydrogen-bond acceptors (Lipinski definition) is 4. The molecule has 1 aromatic heterocycles. The number of nitrogens with zero attached hydrogens (tertiary/aromatic N) is 2. The fourth-order valence-electron chi connectivity index (χ4n) is 2.02. The molecule has 2 aliphatic rings. The van der Waals surface area contributed by atoms with Crippen LogP contribution in [0, 0.1) is 5.92 Å². The largest absolute Gasteiger partial charge is 0.463 e. The van der Waals surface area contributed by atoms with Crippen molar-refractivity contribution in [3.8, 4) is 5.19 Å². The molecule has 0 N–H and O–H groups in total. The number of ether oxygens (including phenoxy) is 1. The summed E-state index contributed by atoms with van der Waals surface area (Å²) in [6, 6.07) is 0. The first kappa shape index (κ1) is 10.1. The fourth-order valence-corrected chi connectivity index (χ4v) is 2.57. The van der Waals surface area contributed by atoms with Crippen molar-refractivity contribution in [2.75, 3.05) is 13.1 Å². The lowest BCUT2D eigenvalue weighted by atomic mass is 9.83. The highest BCUT2D eigenvalue weighted by Crippen LogP contribution is 2.30. The molecule has 86 valence electrons. The van der Waals surface area contributed by atoms with E-state index >= 15 is 0 Å². The third kappa shape index (κ3) is 1.80. The van der Waals surface area contributed by atoms with Crippen LogP contribution in [0.5, 0.6) is 5.19 Å². The van der Waals surface area contributed by atoms with Gasteiger partial charge in [-0.2, -0.15) is 0 Å². The third-order valence-electron chi connectivity index (χ3n) is 3.29. The smallest absolute Gasteiger partial charge is 0.273 e. The molecule has 0 bridgehead atoms. The van der Waals surface area contributed by atoms with Gasteiger partial charge in [0.2, 0.25) is 5.91 Å². The van der Waals surface area contributed by atoms with Crippen LogP contribution < -0.4 is 4.74 Å². The van der Waals surface area contributed by atoms with Gasteiger partial charge >= 0.3 is 0 Å². The molecule has 0 spiro atoms. The Hall–Kier alpha value is -1.10. The maximum atomic E-state index is 11.8. The molecular formula is C11H14N2O2S. The Morgan fingerprint density at radius 2 is 2.31 bits per heavy atom. The van der Waals surface area contributed by atoms with Crippen molar-refractivity contribution >= 4 is 17.2 Å². The van der Waals surface area contributed by atoms with Gasteiger partial charge in [-0.25, -0.2) is 4.98 Å². The molecule has 1 amide bonds. The van der Waals surface area contributed by atoms with Gasteiger partial charge < -0.3 is 9.64 Å². The average Bonchev–Trinajstić information content (AvgIpc) is 2.59. The van der Waals surface area contributed by atoms with Crippen LogP contribution in [-0.2, 0) is 4.79 Å². The van der Waals surface area contributed by atoms with Gasteiger partial charge in [-0.15, -0.1) is 0 Å². The number of amides is 1. The minimum Gasteiger partial charge on any atom is -0.463 e. The van der Waals surface area contributed by atoms with Crippen molar-refractivity contribution in [2.24, 2.45) is 5.92 Å². The van der Waals surface area contributed by atoms with E-state index in [0.717, 1.165) is 25.9 Å². The van der Waals surface area contributed by atoms with Crippen molar-refractivity contribution in [2.45, 2.75) is 25.4 Å². The molecule has 1 saturated carbocycles. The Morgan fingerprint density at radius 3 is 2.88 bits per heavy atom. The Bertz CT molecular complexity index is 369. The Kier molecular flexibility index (Phi) is 2.55. The number of likely N-dealkylation sites (tertiary alicyclic amines) is 1. The summed E-state index contributed by atoms with van der Waals surface area (Å²) in [6.07, 6.45) is 5.25. The summed E-state index contributed by atoms with van der Waals surface area (Å²) in [4.78, 5) is 17.8. The van der Waals surface area contributed by atoms with Crippen LogP contribution in [0.4, 0.5) is 0 Å². The highest BCUT2D eigenvalue weighted by atomic mass is 32.1. The average molecular weight is 238 g/mol. The van der Waals surface area contributed by atoms with Crippen molar-refractivity contribution in [1.29, 1.82) is 0 Å². The number of aromatic nitrogens is 1. The molecule has 3 rings (SSSR count). The van der Waals surface area contributed by atoms with Crippen LogP contribution in [0.2, 0.25) is 0 Å². The molecular weight excluding hydrogens is 224 g/mol. The molecule has 5 heteroatoms. The van der Waals surface area contributed by atoms with E-state index in [1.165, 1.54) is 17.8 Å². The molecule has 0 unspecified atom stereocenters. The summed E-state index contributed by atoms with van der Waals surface area (Å²) < 4.78 is 5.62. The van der Waals surface area contributed by atoms with E-state index < -0.39 is 0 Å². The predicted octanol–water partition coefficient (Wildman–Crippen LogP) is 1.53. The molecule has 1 aliphatic heterocycles. The molecule has 0 radical (unpaired) electrons. The second kappa shape index (κ2) is 4.05. The number of rotatable bonds is 3. The summed E-state index contributed by atoms with van der Waals surface area (Å²) in [5.41, 5.74) is 0. The minimum absolute atomic E-state index is 0.148. The van der Waals surface area contributed by atoms with Gasteiger partial charge in [-0.05, 0) is 12.8 Å². The summed E-state index contributed by atoms with van der Waals surface area (Å²) in [7, 11) is 0. The molecule has 4 nitrogen and oxygen atoms in total. The van der Waals surface area contributed by atoms with Crippen molar-refractivity contribution in [3.63, 3.8) is 0 Å². The summed E-state index contributed by atoms with van der Waals surface area (Å²) in [5, 5.41) is 2.60. The van der Waals surface area contributed by atoms with Gasteiger partial charge in [0.25, 0.3) is 5.19 Å². The molecule has 16 heavy (non-hydrogen) atoms. The van der Waals surface area contributed by atoms with Crippen LogP contribution >= 0.6 is 11.3 Å². The molecule has 1 aromatic rings. The van der Waals surface area contributed by atoms with E-state index in [-0.39, 0.29) is 6.10 Å². The molecule has 1 aliphatic carbocycles. The Labute approximate surface area is 98.2 Å². The topological polar surface area (TPSA) is 42.4 Å². The second-order valence-corrected chi connectivity index (χ2v) is 5.27. The van der Waals surface area contributed by atoms with Gasteiger partial charge in [0.15, 0.2) is 0 Å². The van der Waals surface area contributed by atoms with E-state index in [2.05, 4.69) is 4.98 Å². The quantitative estimate of drug-likeness (QED) is 0.802.